The van der Waals surface area contributed by atoms with E-state index >= 15 is 0 Å². The van der Waals surface area contributed by atoms with Crippen molar-refractivity contribution >= 4 is 11.7 Å². The maximum atomic E-state index is 11.1. The van der Waals surface area contributed by atoms with Gasteiger partial charge in [0.25, 0.3) is 0 Å². The van der Waals surface area contributed by atoms with E-state index in [4.69, 9.17) is 14.9 Å². The molecule has 6 heteroatoms. The largest absolute Gasteiger partial charge is 0.496 e. The minimum Gasteiger partial charge on any atom is -0.496 e. The van der Waals surface area contributed by atoms with Gasteiger partial charge in [0.15, 0.2) is 0 Å². The van der Waals surface area contributed by atoms with Gasteiger partial charge < -0.3 is 25.4 Å². The fourth-order valence-corrected chi connectivity index (χ4v) is 1.36. The number of hydrogen-bond acceptors (Lipinski definition) is 5. The van der Waals surface area contributed by atoms with Crippen molar-refractivity contribution in [1.82, 2.24) is 0 Å². The van der Waals surface area contributed by atoms with E-state index < -0.39 is 12.1 Å². The number of anilines is 1. The van der Waals surface area contributed by atoms with Crippen LogP contribution in [0.25, 0.3) is 0 Å². The second kappa shape index (κ2) is 6.07. The molecule has 0 heterocycles. The molecule has 1 rings (SSSR count). The van der Waals surface area contributed by atoms with Gasteiger partial charge >= 0.3 is 5.97 Å². The van der Waals surface area contributed by atoms with Crippen molar-refractivity contribution in [3.8, 4) is 5.75 Å². The zero-order valence-corrected chi connectivity index (χ0v) is 9.38. The average Bonchev–Trinajstić information content (AvgIpc) is 2.34. The van der Waals surface area contributed by atoms with Gasteiger partial charge in [0, 0.05) is 6.54 Å². The SMILES string of the molecule is COc1cccc(NCC(O)CO)c1C(=O)O. The van der Waals surface area contributed by atoms with Gasteiger partial charge in [-0.15, -0.1) is 0 Å². The number of ether oxygens (including phenoxy) is 1. The highest BCUT2D eigenvalue weighted by molar-refractivity contribution is 5.97. The van der Waals surface area contributed by atoms with Crippen molar-refractivity contribution in [3.05, 3.63) is 23.8 Å². The molecular weight excluding hydrogens is 226 g/mol. The second-order valence-electron chi connectivity index (χ2n) is 3.41. The smallest absolute Gasteiger partial charge is 0.341 e. The lowest BCUT2D eigenvalue weighted by Gasteiger charge is -2.14. The predicted molar refractivity (Wildman–Crippen MR) is 61.5 cm³/mol. The van der Waals surface area contributed by atoms with E-state index in [1.54, 1.807) is 12.1 Å². The summed E-state index contributed by atoms with van der Waals surface area (Å²) < 4.78 is 4.95. The van der Waals surface area contributed by atoms with Gasteiger partial charge in [-0.3, -0.25) is 0 Å². The highest BCUT2D eigenvalue weighted by atomic mass is 16.5. The van der Waals surface area contributed by atoms with Gasteiger partial charge in [-0.05, 0) is 12.1 Å². The van der Waals surface area contributed by atoms with Crippen LogP contribution in [0.5, 0.6) is 5.75 Å². The molecule has 1 atom stereocenters. The fourth-order valence-electron chi connectivity index (χ4n) is 1.36. The first-order valence-electron chi connectivity index (χ1n) is 5.03. The lowest BCUT2D eigenvalue weighted by Crippen LogP contribution is -2.23. The van der Waals surface area contributed by atoms with Crippen molar-refractivity contribution in [2.24, 2.45) is 0 Å². The number of rotatable bonds is 6. The number of hydrogen-bond donors (Lipinski definition) is 4. The number of carboxylic acid groups (broad SMARTS) is 1. The van der Waals surface area contributed by atoms with Crippen LogP contribution in [0.15, 0.2) is 18.2 Å². The van der Waals surface area contributed by atoms with E-state index in [1.165, 1.54) is 13.2 Å². The molecule has 0 aliphatic rings. The first-order chi connectivity index (χ1) is 8.10. The maximum Gasteiger partial charge on any atom is 0.341 e. The normalized spacial score (nSPS) is 11.9. The van der Waals surface area contributed by atoms with Crippen LogP contribution in [0, 0.1) is 0 Å². The molecule has 0 fully saturated rings. The Kier molecular flexibility index (Phi) is 4.74. The Morgan fingerprint density at radius 1 is 1.53 bits per heavy atom. The third-order valence-corrected chi connectivity index (χ3v) is 2.20. The Hall–Kier alpha value is -1.79. The van der Waals surface area contributed by atoms with Gasteiger partial charge in [0.1, 0.15) is 11.3 Å². The van der Waals surface area contributed by atoms with Gasteiger partial charge in [0.05, 0.1) is 25.5 Å². The number of aromatic carboxylic acids is 1. The van der Waals surface area contributed by atoms with Crippen LogP contribution in [0.2, 0.25) is 0 Å². The molecule has 4 N–H and O–H groups in total. The van der Waals surface area contributed by atoms with Crippen molar-refractivity contribution in [1.29, 1.82) is 0 Å². The number of nitrogens with one attached hydrogen (secondary N) is 1. The summed E-state index contributed by atoms with van der Waals surface area (Å²) in [6.07, 6.45) is -0.942. The summed E-state index contributed by atoms with van der Waals surface area (Å²) in [6.45, 7) is -0.330. The number of carbonyl (C=O) groups is 1. The van der Waals surface area contributed by atoms with E-state index in [0.29, 0.717) is 5.69 Å². The predicted octanol–water partition coefficient (Wildman–Crippen LogP) is 0.158. The van der Waals surface area contributed by atoms with Crippen LogP contribution < -0.4 is 10.1 Å². The minimum atomic E-state index is -1.12. The second-order valence-corrected chi connectivity index (χ2v) is 3.41. The fraction of sp³-hybridized carbons (Fsp3) is 0.364. The van der Waals surface area contributed by atoms with Crippen LogP contribution >= 0.6 is 0 Å². The van der Waals surface area contributed by atoms with Crippen molar-refractivity contribution < 1.29 is 24.9 Å². The Balaban J connectivity index is 2.94. The number of methoxy groups -OCH3 is 1. The van der Waals surface area contributed by atoms with Gasteiger partial charge in [-0.2, -0.15) is 0 Å². The lowest BCUT2D eigenvalue weighted by molar-refractivity contribution is 0.0694. The van der Waals surface area contributed by atoms with Crippen LogP contribution in [-0.2, 0) is 0 Å². The molecule has 0 aromatic heterocycles. The molecule has 0 bridgehead atoms. The van der Waals surface area contributed by atoms with Gasteiger partial charge in [-0.1, -0.05) is 6.07 Å². The third kappa shape index (κ3) is 3.33. The first-order valence-corrected chi connectivity index (χ1v) is 5.03. The summed E-state index contributed by atoms with van der Waals surface area (Å²) in [5.41, 5.74) is 0.337. The van der Waals surface area contributed by atoms with Crippen LogP contribution in [-0.4, -0.2) is 47.7 Å². The van der Waals surface area contributed by atoms with Crippen molar-refractivity contribution in [2.45, 2.75) is 6.10 Å². The van der Waals surface area contributed by atoms with E-state index in [-0.39, 0.29) is 24.5 Å². The molecule has 0 saturated carbocycles. The Morgan fingerprint density at radius 2 is 2.24 bits per heavy atom. The zero-order valence-electron chi connectivity index (χ0n) is 9.38. The quantitative estimate of drug-likeness (QED) is 0.566. The molecule has 1 aromatic rings. The number of aliphatic hydroxyl groups is 2. The summed E-state index contributed by atoms with van der Waals surface area (Å²) in [6, 6.07) is 4.74. The summed E-state index contributed by atoms with van der Waals surface area (Å²) in [7, 11) is 1.38. The Morgan fingerprint density at radius 3 is 2.76 bits per heavy atom. The molecule has 17 heavy (non-hydrogen) atoms. The molecule has 6 nitrogen and oxygen atoms in total. The molecule has 1 unspecified atom stereocenters. The third-order valence-electron chi connectivity index (χ3n) is 2.20. The van der Waals surface area contributed by atoms with Crippen LogP contribution in [0.1, 0.15) is 10.4 Å². The maximum absolute atomic E-state index is 11.1. The highest BCUT2D eigenvalue weighted by Crippen LogP contribution is 2.26. The molecule has 0 aliphatic heterocycles. The molecule has 0 spiro atoms. The van der Waals surface area contributed by atoms with Gasteiger partial charge in [0.2, 0.25) is 0 Å². The average molecular weight is 241 g/mol. The number of benzene rings is 1. The van der Waals surface area contributed by atoms with Gasteiger partial charge in [-0.25, -0.2) is 4.79 Å². The minimum absolute atomic E-state index is 0.000129. The highest BCUT2D eigenvalue weighted by Gasteiger charge is 2.16. The van der Waals surface area contributed by atoms with Crippen LogP contribution in [0.3, 0.4) is 0 Å². The molecular formula is C11H15NO5. The van der Waals surface area contributed by atoms with E-state index in [1.807, 2.05) is 0 Å². The molecule has 0 saturated heterocycles. The summed E-state index contributed by atoms with van der Waals surface area (Å²) >= 11 is 0. The molecule has 1 aromatic carbocycles. The Bertz CT molecular complexity index is 393. The lowest BCUT2D eigenvalue weighted by atomic mass is 10.1. The topological polar surface area (TPSA) is 99.0 Å². The zero-order chi connectivity index (χ0) is 12.8. The molecule has 0 amide bonds. The van der Waals surface area contributed by atoms with E-state index in [0.717, 1.165) is 0 Å². The van der Waals surface area contributed by atoms with E-state index in [9.17, 15) is 9.90 Å². The molecule has 0 radical (unpaired) electrons. The van der Waals surface area contributed by atoms with Crippen molar-refractivity contribution in [2.75, 3.05) is 25.6 Å². The summed E-state index contributed by atoms with van der Waals surface area (Å²) in [4.78, 5) is 11.1. The summed E-state index contributed by atoms with van der Waals surface area (Å²) in [5, 5.41) is 29.7. The van der Waals surface area contributed by atoms with Crippen LogP contribution in [0.4, 0.5) is 5.69 Å². The number of aliphatic hydroxyl groups excluding tert-OH is 2. The molecule has 0 aliphatic carbocycles. The Labute approximate surface area is 98.5 Å². The number of carboxylic acids is 1. The first kappa shape index (κ1) is 13.3. The van der Waals surface area contributed by atoms with Crippen molar-refractivity contribution in [3.63, 3.8) is 0 Å². The van der Waals surface area contributed by atoms with E-state index in [2.05, 4.69) is 5.32 Å². The molecule has 94 valence electrons. The standard InChI is InChI=1S/C11H15NO5/c1-17-9-4-2-3-8(10(9)11(15)16)12-5-7(14)6-13/h2-4,7,12-14H,5-6H2,1H3,(H,15,16). The summed E-state index contributed by atoms with van der Waals surface area (Å²) in [5.74, 6) is -0.885. The monoisotopic (exact) mass is 241 g/mol.